The SMILES string of the molecule is Cc1cc2nccc(NC(=O)NC3Cc4cncn4C3)n2n1. The van der Waals surface area contributed by atoms with Gasteiger partial charge in [0.05, 0.1) is 18.1 Å². The Morgan fingerprint density at radius 1 is 1.45 bits per heavy atom. The molecule has 4 heterocycles. The van der Waals surface area contributed by atoms with Crippen molar-refractivity contribution in [2.24, 2.45) is 0 Å². The van der Waals surface area contributed by atoms with Gasteiger partial charge in [-0.25, -0.2) is 14.8 Å². The maximum atomic E-state index is 12.2. The van der Waals surface area contributed by atoms with Crippen molar-refractivity contribution >= 4 is 17.5 Å². The Hall–Kier alpha value is -2.90. The van der Waals surface area contributed by atoms with Crippen molar-refractivity contribution in [2.75, 3.05) is 5.32 Å². The summed E-state index contributed by atoms with van der Waals surface area (Å²) in [6, 6.07) is 3.42. The molecule has 3 aromatic heterocycles. The van der Waals surface area contributed by atoms with Gasteiger partial charge < -0.3 is 9.88 Å². The van der Waals surface area contributed by atoms with E-state index in [1.165, 1.54) is 0 Å². The van der Waals surface area contributed by atoms with E-state index in [1.54, 1.807) is 23.1 Å². The van der Waals surface area contributed by atoms with E-state index < -0.39 is 0 Å². The lowest BCUT2D eigenvalue weighted by Crippen LogP contribution is -2.39. The van der Waals surface area contributed by atoms with Crippen LogP contribution in [0.2, 0.25) is 0 Å². The molecule has 1 aliphatic rings. The van der Waals surface area contributed by atoms with E-state index in [2.05, 4.69) is 25.7 Å². The minimum Gasteiger partial charge on any atom is -0.333 e. The summed E-state index contributed by atoms with van der Waals surface area (Å²) >= 11 is 0. The minimum absolute atomic E-state index is 0.0784. The monoisotopic (exact) mass is 297 g/mol. The van der Waals surface area contributed by atoms with Crippen molar-refractivity contribution in [1.29, 1.82) is 0 Å². The Morgan fingerprint density at radius 2 is 2.36 bits per heavy atom. The highest BCUT2D eigenvalue weighted by atomic mass is 16.2. The first kappa shape index (κ1) is 12.8. The average Bonchev–Trinajstić information content (AvgIpc) is 3.12. The Labute approximate surface area is 126 Å². The molecule has 0 fully saturated rings. The standard InChI is InChI=1S/C14H15N7O/c1-9-4-13-16-3-2-12(21(13)19-9)18-14(22)17-10-5-11-6-15-8-20(11)7-10/h2-4,6,8,10H,5,7H2,1H3,(H2,17,18,22). The molecule has 4 rings (SSSR count). The zero-order valence-electron chi connectivity index (χ0n) is 12.0. The molecule has 1 atom stereocenters. The average molecular weight is 297 g/mol. The van der Waals surface area contributed by atoms with Crippen molar-refractivity contribution < 1.29 is 4.79 Å². The summed E-state index contributed by atoms with van der Waals surface area (Å²) < 4.78 is 3.67. The molecule has 1 aliphatic heterocycles. The molecule has 2 N–H and O–H groups in total. The van der Waals surface area contributed by atoms with Gasteiger partial charge in [-0.3, -0.25) is 5.32 Å². The van der Waals surface area contributed by atoms with E-state index in [-0.39, 0.29) is 12.1 Å². The number of hydrogen-bond acceptors (Lipinski definition) is 4. The van der Waals surface area contributed by atoms with Gasteiger partial charge in [-0.15, -0.1) is 0 Å². The van der Waals surface area contributed by atoms with Gasteiger partial charge in [0.2, 0.25) is 0 Å². The zero-order valence-corrected chi connectivity index (χ0v) is 12.0. The molecular formula is C14H15N7O. The number of rotatable bonds is 2. The molecule has 3 aromatic rings. The molecular weight excluding hydrogens is 282 g/mol. The maximum absolute atomic E-state index is 12.2. The fourth-order valence-corrected chi connectivity index (χ4v) is 2.78. The molecule has 112 valence electrons. The van der Waals surface area contributed by atoms with Crippen molar-refractivity contribution in [3.63, 3.8) is 0 Å². The van der Waals surface area contributed by atoms with Crippen LogP contribution in [0.25, 0.3) is 5.65 Å². The van der Waals surface area contributed by atoms with E-state index in [1.807, 2.05) is 23.8 Å². The lowest BCUT2D eigenvalue weighted by molar-refractivity contribution is 0.248. The Bertz CT molecular complexity index is 829. The molecule has 0 bridgehead atoms. The number of anilines is 1. The maximum Gasteiger partial charge on any atom is 0.320 e. The number of carbonyl (C=O) groups is 1. The van der Waals surface area contributed by atoms with Gasteiger partial charge in [-0.05, 0) is 13.0 Å². The largest absolute Gasteiger partial charge is 0.333 e. The highest BCUT2D eigenvalue weighted by Gasteiger charge is 2.22. The fraction of sp³-hybridized carbons (Fsp3) is 0.286. The summed E-state index contributed by atoms with van der Waals surface area (Å²) in [5.41, 5.74) is 2.70. The van der Waals surface area contributed by atoms with Gasteiger partial charge in [-0.2, -0.15) is 9.61 Å². The predicted octanol–water partition coefficient (Wildman–Crippen LogP) is 0.981. The van der Waals surface area contributed by atoms with Crippen LogP contribution in [-0.2, 0) is 13.0 Å². The number of imidazole rings is 1. The summed E-state index contributed by atoms with van der Waals surface area (Å²) in [5.74, 6) is 0.592. The van der Waals surface area contributed by atoms with E-state index in [0.717, 1.165) is 24.4 Å². The van der Waals surface area contributed by atoms with Crippen molar-refractivity contribution in [3.8, 4) is 0 Å². The smallest absolute Gasteiger partial charge is 0.320 e. The third-order valence-corrected chi connectivity index (χ3v) is 3.73. The number of aromatic nitrogens is 5. The summed E-state index contributed by atoms with van der Waals surface area (Å²) in [6.07, 6.45) is 6.06. The van der Waals surface area contributed by atoms with Gasteiger partial charge in [0.1, 0.15) is 5.82 Å². The van der Waals surface area contributed by atoms with E-state index in [0.29, 0.717) is 11.5 Å². The second-order valence-electron chi connectivity index (χ2n) is 5.42. The van der Waals surface area contributed by atoms with Crippen LogP contribution < -0.4 is 10.6 Å². The van der Waals surface area contributed by atoms with Crippen LogP contribution in [0.1, 0.15) is 11.4 Å². The molecule has 0 radical (unpaired) electrons. The topological polar surface area (TPSA) is 89.1 Å². The summed E-state index contributed by atoms with van der Waals surface area (Å²) in [4.78, 5) is 20.5. The Balaban J connectivity index is 1.46. The quantitative estimate of drug-likeness (QED) is 0.738. The van der Waals surface area contributed by atoms with Gasteiger partial charge in [0.25, 0.3) is 0 Å². The molecule has 0 saturated heterocycles. The summed E-state index contributed by atoms with van der Waals surface area (Å²) in [5, 5.41) is 10.1. The fourth-order valence-electron chi connectivity index (χ4n) is 2.78. The normalized spacial score (nSPS) is 16.7. The van der Waals surface area contributed by atoms with E-state index in [9.17, 15) is 4.79 Å². The molecule has 0 aliphatic carbocycles. The minimum atomic E-state index is -0.246. The van der Waals surface area contributed by atoms with Crippen LogP contribution in [0.4, 0.5) is 10.6 Å². The highest BCUT2D eigenvalue weighted by molar-refractivity contribution is 5.88. The van der Waals surface area contributed by atoms with E-state index in [4.69, 9.17) is 0 Å². The van der Waals surface area contributed by atoms with Crippen LogP contribution in [0.5, 0.6) is 0 Å². The number of hydrogen-bond donors (Lipinski definition) is 2. The molecule has 1 unspecified atom stereocenters. The molecule has 22 heavy (non-hydrogen) atoms. The third kappa shape index (κ3) is 2.18. The van der Waals surface area contributed by atoms with Crippen LogP contribution in [-0.4, -0.2) is 36.2 Å². The Morgan fingerprint density at radius 3 is 3.23 bits per heavy atom. The summed E-state index contributed by atoms with van der Waals surface area (Å²) in [6.45, 7) is 2.63. The molecule has 0 saturated carbocycles. The third-order valence-electron chi connectivity index (χ3n) is 3.73. The molecule has 8 heteroatoms. The number of nitrogens with one attached hydrogen (secondary N) is 2. The first-order valence-corrected chi connectivity index (χ1v) is 7.07. The van der Waals surface area contributed by atoms with Crippen LogP contribution in [0.15, 0.2) is 30.9 Å². The summed E-state index contributed by atoms with van der Waals surface area (Å²) in [7, 11) is 0. The first-order valence-electron chi connectivity index (χ1n) is 7.07. The number of carbonyl (C=O) groups excluding carboxylic acids is 1. The molecule has 2 amide bonds. The van der Waals surface area contributed by atoms with Gasteiger partial charge in [-0.1, -0.05) is 0 Å². The first-order chi connectivity index (χ1) is 10.7. The Kier molecular flexibility index (Phi) is 2.81. The van der Waals surface area contributed by atoms with Gasteiger partial charge in [0.15, 0.2) is 5.65 Å². The van der Waals surface area contributed by atoms with Crippen molar-refractivity contribution in [2.45, 2.75) is 25.9 Å². The number of fused-ring (bicyclic) bond motifs is 2. The van der Waals surface area contributed by atoms with E-state index >= 15 is 0 Å². The number of aryl methyl sites for hydroxylation is 1. The number of nitrogens with zero attached hydrogens (tertiary/aromatic N) is 5. The van der Waals surface area contributed by atoms with Crippen LogP contribution >= 0.6 is 0 Å². The molecule has 0 spiro atoms. The van der Waals surface area contributed by atoms with Crippen molar-refractivity contribution in [3.05, 3.63) is 42.2 Å². The molecule has 8 nitrogen and oxygen atoms in total. The second kappa shape index (κ2) is 4.83. The van der Waals surface area contributed by atoms with Crippen LogP contribution in [0, 0.1) is 6.92 Å². The highest BCUT2D eigenvalue weighted by Crippen LogP contribution is 2.14. The predicted molar refractivity (Wildman–Crippen MR) is 79.6 cm³/mol. The van der Waals surface area contributed by atoms with Gasteiger partial charge in [0, 0.05) is 37.1 Å². The lowest BCUT2D eigenvalue weighted by atomic mass is 10.2. The van der Waals surface area contributed by atoms with Crippen molar-refractivity contribution in [1.82, 2.24) is 29.5 Å². The lowest BCUT2D eigenvalue weighted by Gasteiger charge is -2.13. The number of amides is 2. The number of urea groups is 1. The van der Waals surface area contributed by atoms with Crippen LogP contribution in [0.3, 0.4) is 0 Å². The second-order valence-corrected chi connectivity index (χ2v) is 5.42. The molecule has 0 aromatic carbocycles. The zero-order chi connectivity index (χ0) is 15.1. The van der Waals surface area contributed by atoms with Gasteiger partial charge >= 0.3 is 6.03 Å².